The standard InChI is InChI=1S/C18H28N2O2/c1-13(21)19-17(3,4)11-15-7-9-16(10-8-15)12-18(5,6)20-14(2)22/h7-10H,11-12H2,1-6H3,(H,19,21)(H,20,22). The predicted molar refractivity (Wildman–Crippen MR) is 89.6 cm³/mol. The monoisotopic (exact) mass is 304 g/mol. The minimum atomic E-state index is -0.261. The third-order valence-electron chi connectivity index (χ3n) is 3.34. The van der Waals surface area contributed by atoms with Crippen molar-refractivity contribution >= 4 is 11.8 Å². The smallest absolute Gasteiger partial charge is 0.217 e. The van der Waals surface area contributed by atoms with Crippen molar-refractivity contribution in [2.75, 3.05) is 0 Å². The van der Waals surface area contributed by atoms with E-state index in [-0.39, 0.29) is 22.9 Å². The number of carbonyl (C=O) groups excluding carboxylic acids is 2. The highest BCUT2D eigenvalue weighted by Gasteiger charge is 2.21. The molecular formula is C18H28N2O2. The minimum absolute atomic E-state index is 0.0151. The molecular weight excluding hydrogens is 276 g/mol. The summed E-state index contributed by atoms with van der Waals surface area (Å²) in [5.74, 6) is -0.0302. The molecule has 0 atom stereocenters. The van der Waals surface area contributed by atoms with Crippen molar-refractivity contribution < 1.29 is 9.59 Å². The van der Waals surface area contributed by atoms with E-state index < -0.39 is 0 Å². The highest BCUT2D eigenvalue weighted by Crippen LogP contribution is 2.17. The van der Waals surface area contributed by atoms with Gasteiger partial charge in [-0.3, -0.25) is 9.59 Å². The molecule has 4 heteroatoms. The molecule has 4 nitrogen and oxygen atoms in total. The summed E-state index contributed by atoms with van der Waals surface area (Å²) >= 11 is 0. The molecule has 0 aliphatic rings. The normalized spacial score (nSPS) is 11.9. The van der Waals surface area contributed by atoms with Gasteiger partial charge in [0, 0.05) is 24.9 Å². The summed E-state index contributed by atoms with van der Waals surface area (Å²) in [6.07, 6.45) is 1.56. The fourth-order valence-electron chi connectivity index (χ4n) is 2.84. The van der Waals surface area contributed by atoms with Crippen LogP contribution in [-0.4, -0.2) is 22.9 Å². The van der Waals surface area contributed by atoms with Crippen LogP contribution in [0, 0.1) is 0 Å². The van der Waals surface area contributed by atoms with Crippen LogP contribution in [0.1, 0.15) is 52.7 Å². The third kappa shape index (κ3) is 6.74. The first kappa shape index (κ1) is 18.2. The van der Waals surface area contributed by atoms with Crippen LogP contribution in [0.5, 0.6) is 0 Å². The molecule has 0 aromatic heterocycles. The highest BCUT2D eigenvalue weighted by atomic mass is 16.2. The summed E-state index contributed by atoms with van der Waals surface area (Å²) < 4.78 is 0. The molecule has 0 bridgehead atoms. The SMILES string of the molecule is CC(=O)NC(C)(C)Cc1ccc(CC(C)(C)NC(C)=O)cc1. The Bertz CT molecular complexity index is 482. The molecule has 0 saturated carbocycles. The van der Waals surface area contributed by atoms with E-state index in [1.165, 1.54) is 25.0 Å². The van der Waals surface area contributed by atoms with Crippen LogP contribution in [-0.2, 0) is 22.4 Å². The molecule has 22 heavy (non-hydrogen) atoms. The maximum Gasteiger partial charge on any atom is 0.217 e. The Morgan fingerprint density at radius 3 is 1.27 bits per heavy atom. The highest BCUT2D eigenvalue weighted by molar-refractivity contribution is 5.74. The van der Waals surface area contributed by atoms with E-state index >= 15 is 0 Å². The molecule has 0 heterocycles. The number of hydrogen-bond acceptors (Lipinski definition) is 2. The molecule has 2 amide bonds. The lowest BCUT2D eigenvalue weighted by Crippen LogP contribution is -2.44. The topological polar surface area (TPSA) is 58.2 Å². The minimum Gasteiger partial charge on any atom is -0.351 e. The van der Waals surface area contributed by atoms with Crippen molar-refractivity contribution in [3.63, 3.8) is 0 Å². The second-order valence-electron chi connectivity index (χ2n) is 7.30. The van der Waals surface area contributed by atoms with Gasteiger partial charge in [0.05, 0.1) is 0 Å². The molecule has 1 aromatic carbocycles. The van der Waals surface area contributed by atoms with E-state index in [2.05, 4.69) is 34.9 Å². The van der Waals surface area contributed by atoms with Gasteiger partial charge in [0.25, 0.3) is 0 Å². The molecule has 0 spiro atoms. The predicted octanol–water partition coefficient (Wildman–Crippen LogP) is 2.60. The Labute approximate surface area is 133 Å². The van der Waals surface area contributed by atoms with Crippen LogP contribution < -0.4 is 10.6 Å². The van der Waals surface area contributed by atoms with Crippen LogP contribution in [0.3, 0.4) is 0 Å². The number of hydrogen-bond donors (Lipinski definition) is 2. The fourth-order valence-corrected chi connectivity index (χ4v) is 2.84. The van der Waals surface area contributed by atoms with Gasteiger partial charge in [0.15, 0.2) is 0 Å². The molecule has 0 fully saturated rings. The van der Waals surface area contributed by atoms with Gasteiger partial charge >= 0.3 is 0 Å². The summed E-state index contributed by atoms with van der Waals surface area (Å²) in [5, 5.41) is 5.91. The largest absolute Gasteiger partial charge is 0.351 e. The van der Waals surface area contributed by atoms with Crippen molar-refractivity contribution in [3.05, 3.63) is 35.4 Å². The number of carbonyl (C=O) groups is 2. The van der Waals surface area contributed by atoms with Crippen LogP contribution in [0.25, 0.3) is 0 Å². The molecule has 2 N–H and O–H groups in total. The summed E-state index contributed by atoms with van der Waals surface area (Å²) in [6.45, 7) is 11.1. The van der Waals surface area contributed by atoms with Crippen molar-refractivity contribution in [2.24, 2.45) is 0 Å². The Morgan fingerprint density at radius 1 is 0.773 bits per heavy atom. The molecule has 1 rings (SSSR count). The van der Waals surface area contributed by atoms with Crippen molar-refractivity contribution in [2.45, 2.75) is 65.5 Å². The first-order chi connectivity index (χ1) is 9.99. The first-order valence-electron chi connectivity index (χ1n) is 7.64. The van der Waals surface area contributed by atoms with Gasteiger partial charge in [-0.25, -0.2) is 0 Å². The van der Waals surface area contributed by atoms with E-state index in [4.69, 9.17) is 0 Å². The molecule has 0 unspecified atom stereocenters. The van der Waals surface area contributed by atoms with Gasteiger partial charge in [-0.1, -0.05) is 24.3 Å². The molecule has 0 aliphatic carbocycles. The van der Waals surface area contributed by atoms with E-state index in [1.807, 2.05) is 27.7 Å². The lowest BCUT2D eigenvalue weighted by Gasteiger charge is -2.27. The van der Waals surface area contributed by atoms with Gasteiger partial charge in [0.2, 0.25) is 11.8 Å². The van der Waals surface area contributed by atoms with Gasteiger partial charge in [-0.05, 0) is 51.7 Å². The van der Waals surface area contributed by atoms with Crippen molar-refractivity contribution in [1.29, 1.82) is 0 Å². The fraction of sp³-hybridized carbons (Fsp3) is 0.556. The number of nitrogens with one attached hydrogen (secondary N) is 2. The lowest BCUT2D eigenvalue weighted by atomic mass is 9.91. The van der Waals surface area contributed by atoms with Gasteiger partial charge in [-0.15, -0.1) is 0 Å². The number of rotatable bonds is 6. The van der Waals surface area contributed by atoms with Gasteiger partial charge in [-0.2, -0.15) is 0 Å². The number of benzene rings is 1. The zero-order valence-electron chi connectivity index (χ0n) is 14.5. The van der Waals surface area contributed by atoms with Crippen LogP contribution >= 0.6 is 0 Å². The summed E-state index contributed by atoms with van der Waals surface area (Å²) in [4.78, 5) is 22.4. The van der Waals surface area contributed by atoms with Crippen LogP contribution in [0.2, 0.25) is 0 Å². The Hall–Kier alpha value is -1.84. The van der Waals surface area contributed by atoms with E-state index in [9.17, 15) is 9.59 Å². The van der Waals surface area contributed by atoms with E-state index in [0.717, 1.165) is 12.8 Å². The zero-order valence-corrected chi connectivity index (χ0v) is 14.5. The second kappa shape index (κ2) is 6.95. The summed E-state index contributed by atoms with van der Waals surface area (Å²) in [6, 6.07) is 8.34. The average molecular weight is 304 g/mol. The number of amides is 2. The Kier molecular flexibility index (Phi) is 5.75. The molecule has 0 aliphatic heterocycles. The maximum absolute atomic E-state index is 11.2. The lowest BCUT2D eigenvalue weighted by molar-refractivity contribution is -0.121. The van der Waals surface area contributed by atoms with Crippen LogP contribution in [0.15, 0.2) is 24.3 Å². The van der Waals surface area contributed by atoms with E-state index in [1.54, 1.807) is 0 Å². The Balaban J connectivity index is 2.71. The molecule has 1 aromatic rings. The average Bonchev–Trinajstić information content (AvgIpc) is 2.27. The quantitative estimate of drug-likeness (QED) is 0.848. The first-order valence-corrected chi connectivity index (χ1v) is 7.64. The molecule has 122 valence electrons. The summed E-state index contributed by atoms with van der Waals surface area (Å²) in [5.41, 5.74) is 1.84. The van der Waals surface area contributed by atoms with Crippen LogP contribution in [0.4, 0.5) is 0 Å². The Morgan fingerprint density at radius 2 is 1.05 bits per heavy atom. The second-order valence-corrected chi connectivity index (χ2v) is 7.30. The van der Waals surface area contributed by atoms with Crippen molar-refractivity contribution in [3.8, 4) is 0 Å². The van der Waals surface area contributed by atoms with E-state index in [0.29, 0.717) is 0 Å². The maximum atomic E-state index is 11.2. The van der Waals surface area contributed by atoms with Gasteiger partial charge in [0.1, 0.15) is 0 Å². The molecule has 0 radical (unpaired) electrons. The molecule has 0 saturated heterocycles. The zero-order chi connectivity index (χ0) is 17.0. The van der Waals surface area contributed by atoms with Crippen molar-refractivity contribution in [1.82, 2.24) is 10.6 Å². The third-order valence-corrected chi connectivity index (χ3v) is 3.34. The summed E-state index contributed by atoms with van der Waals surface area (Å²) in [7, 11) is 0. The van der Waals surface area contributed by atoms with Gasteiger partial charge < -0.3 is 10.6 Å².